The molecule has 2 aromatic rings. The van der Waals surface area contributed by atoms with E-state index in [4.69, 9.17) is 4.74 Å². The van der Waals surface area contributed by atoms with Crippen LogP contribution in [0.5, 0.6) is 0 Å². The summed E-state index contributed by atoms with van der Waals surface area (Å²) in [6, 6.07) is 8.52. The lowest BCUT2D eigenvalue weighted by Gasteiger charge is -2.26. The molecule has 0 aliphatic carbocycles. The number of ether oxygens (including phenoxy) is 1. The van der Waals surface area contributed by atoms with Gasteiger partial charge in [0.1, 0.15) is 5.69 Å². The van der Waals surface area contributed by atoms with Gasteiger partial charge in [-0.25, -0.2) is 0 Å². The Bertz CT molecular complexity index is 819. The van der Waals surface area contributed by atoms with E-state index in [1.54, 1.807) is 0 Å². The molecular weight excluding hydrogens is 350 g/mol. The molecule has 1 saturated heterocycles. The topological polar surface area (TPSA) is 46.5 Å². The lowest BCUT2D eigenvalue weighted by Crippen LogP contribution is -2.41. The fourth-order valence-corrected chi connectivity index (χ4v) is 4.19. The third kappa shape index (κ3) is 4.65. The van der Waals surface area contributed by atoms with Crippen LogP contribution in [0, 0.1) is 20.8 Å². The molecule has 1 aliphatic heterocycles. The van der Waals surface area contributed by atoms with E-state index >= 15 is 0 Å². The molecule has 3 rings (SSSR count). The molecule has 0 atom stereocenters. The highest BCUT2D eigenvalue weighted by Crippen LogP contribution is 2.24. The fourth-order valence-electron chi connectivity index (χ4n) is 4.19. The van der Waals surface area contributed by atoms with Crippen molar-refractivity contribution in [1.82, 2.24) is 14.8 Å². The lowest BCUT2D eigenvalue weighted by molar-refractivity contribution is 0.0383. The molecule has 1 aliphatic rings. The van der Waals surface area contributed by atoms with Gasteiger partial charge in [0.05, 0.1) is 13.2 Å². The quantitative estimate of drug-likeness (QED) is 0.799. The average Bonchev–Trinajstić information content (AvgIpc) is 2.92. The minimum Gasteiger partial charge on any atom is -0.379 e. The summed E-state index contributed by atoms with van der Waals surface area (Å²) in [5.74, 6) is 0.0289. The van der Waals surface area contributed by atoms with Gasteiger partial charge in [-0.3, -0.25) is 9.69 Å². The van der Waals surface area contributed by atoms with Gasteiger partial charge in [-0.05, 0) is 43.9 Å². The maximum absolute atomic E-state index is 13.1. The van der Waals surface area contributed by atoms with Crippen LogP contribution in [-0.2, 0) is 17.7 Å². The Balaban J connectivity index is 1.77. The smallest absolute Gasteiger partial charge is 0.268 e. The van der Waals surface area contributed by atoms with Crippen molar-refractivity contribution in [2.24, 2.45) is 0 Å². The summed E-state index contributed by atoms with van der Waals surface area (Å²) in [7, 11) is 0. The zero-order valence-corrected chi connectivity index (χ0v) is 17.7. The van der Waals surface area contributed by atoms with Crippen LogP contribution >= 0.6 is 0 Å². The highest BCUT2D eigenvalue weighted by atomic mass is 16.5. The van der Waals surface area contributed by atoms with Crippen molar-refractivity contribution in [1.29, 1.82) is 0 Å². The Hall–Kier alpha value is -2.11. The number of amides is 1. The van der Waals surface area contributed by atoms with Crippen LogP contribution in [0.25, 0.3) is 0 Å². The van der Waals surface area contributed by atoms with Crippen molar-refractivity contribution in [3.8, 4) is 0 Å². The van der Waals surface area contributed by atoms with E-state index in [2.05, 4.69) is 66.7 Å². The zero-order chi connectivity index (χ0) is 20.1. The van der Waals surface area contributed by atoms with Crippen LogP contribution in [0.3, 0.4) is 0 Å². The molecule has 152 valence electrons. The summed E-state index contributed by atoms with van der Waals surface area (Å²) in [5, 5.41) is 3.15. The van der Waals surface area contributed by atoms with Crippen molar-refractivity contribution in [2.45, 2.75) is 40.7 Å². The van der Waals surface area contributed by atoms with Gasteiger partial charge < -0.3 is 14.6 Å². The molecule has 0 unspecified atom stereocenters. The molecular formula is C23H33N3O2. The molecule has 2 heterocycles. The minimum atomic E-state index is 0.0289. The number of nitrogens with zero attached hydrogens (tertiary/aromatic N) is 2. The second-order valence-corrected chi connectivity index (χ2v) is 7.68. The second kappa shape index (κ2) is 9.39. The van der Waals surface area contributed by atoms with E-state index in [9.17, 15) is 4.79 Å². The minimum absolute atomic E-state index is 0.0289. The molecule has 1 fully saturated rings. The molecule has 0 radical (unpaired) electrons. The van der Waals surface area contributed by atoms with Gasteiger partial charge in [-0.1, -0.05) is 36.8 Å². The molecule has 1 aromatic heterocycles. The first kappa shape index (κ1) is 20.6. The number of carbonyl (C=O) groups is 1. The molecule has 1 N–H and O–H groups in total. The van der Waals surface area contributed by atoms with Crippen LogP contribution in [0.4, 0.5) is 0 Å². The summed E-state index contributed by atoms with van der Waals surface area (Å²) in [4.78, 5) is 15.4. The third-order valence-corrected chi connectivity index (χ3v) is 5.73. The molecule has 0 spiro atoms. The number of morpholine rings is 1. The number of aryl methyl sites for hydroxylation is 1. The maximum atomic E-state index is 13.1. The Morgan fingerprint density at radius 1 is 1.18 bits per heavy atom. The largest absolute Gasteiger partial charge is 0.379 e. The number of hydrogen-bond acceptors (Lipinski definition) is 3. The molecule has 28 heavy (non-hydrogen) atoms. The first-order valence-electron chi connectivity index (χ1n) is 10.3. The molecule has 5 nitrogen and oxygen atoms in total. The third-order valence-electron chi connectivity index (χ3n) is 5.73. The molecule has 1 amide bonds. The number of hydrogen-bond donors (Lipinski definition) is 1. The monoisotopic (exact) mass is 383 g/mol. The zero-order valence-electron chi connectivity index (χ0n) is 17.7. The maximum Gasteiger partial charge on any atom is 0.268 e. The average molecular weight is 384 g/mol. The normalized spacial score (nSPS) is 15.0. The van der Waals surface area contributed by atoms with Gasteiger partial charge >= 0.3 is 0 Å². The van der Waals surface area contributed by atoms with E-state index in [0.29, 0.717) is 6.54 Å². The molecule has 0 bridgehead atoms. The van der Waals surface area contributed by atoms with Gasteiger partial charge in [0.2, 0.25) is 0 Å². The van der Waals surface area contributed by atoms with Crippen molar-refractivity contribution in [2.75, 3.05) is 39.4 Å². The van der Waals surface area contributed by atoms with Crippen LogP contribution in [0.1, 0.15) is 45.4 Å². The van der Waals surface area contributed by atoms with Crippen LogP contribution in [0.15, 0.2) is 24.3 Å². The van der Waals surface area contributed by atoms with Crippen molar-refractivity contribution in [3.05, 3.63) is 57.9 Å². The standard InChI is InChI=1S/C23H33N3O2/c1-5-21-18(3)22(23(27)24-9-10-25-11-13-28-14-12-25)26(19(21)4)16-20-8-6-7-17(2)15-20/h6-8,15H,5,9-14,16H2,1-4H3,(H,24,27). The van der Waals surface area contributed by atoms with E-state index in [0.717, 1.165) is 57.1 Å². The number of aromatic nitrogens is 1. The molecule has 5 heteroatoms. The summed E-state index contributed by atoms with van der Waals surface area (Å²) in [6.45, 7) is 14.2. The SMILES string of the molecule is CCc1c(C)c(C(=O)NCCN2CCOCC2)n(Cc2cccc(C)c2)c1C. The van der Waals surface area contributed by atoms with Gasteiger partial charge in [0.15, 0.2) is 0 Å². The number of nitrogens with one attached hydrogen (secondary N) is 1. The number of benzene rings is 1. The van der Waals surface area contributed by atoms with Crippen molar-refractivity contribution in [3.63, 3.8) is 0 Å². The molecule has 1 aromatic carbocycles. The van der Waals surface area contributed by atoms with E-state index in [1.165, 1.54) is 22.4 Å². The second-order valence-electron chi connectivity index (χ2n) is 7.68. The van der Waals surface area contributed by atoms with Crippen molar-refractivity contribution < 1.29 is 9.53 Å². The Labute approximate surface area is 168 Å². The van der Waals surface area contributed by atoms with Gasteiger partial charge in [-0.15, -0.1) is 0 Å². The highest BCUT2D eigenvalue weighted by Gasteiger charge is 2.22. The Morgan fingerprint density at radius 3 is 2.61 bits per heavy atom. The Kier molecular flexibility index (Phi) is 6.92. The predicted molar refractivity (Wildman–Crippen MR) is 113 cm³/mol. The van der Waals surface area contributed by atoms with Gasteiger partial charge in [0, 0.05) is 38.4 Å². The van der Waals surface area contributed by atoms with Crippen LogP contribution < -0.4 is 5.32 Å². The summed E-state index contributed by atoms with van der Waals surface area (Å²) in [5.41, 5.74) is 6.86. The highest BCUT2D eigenvalue weighted by molar-refractivity contribution is 5.95. The number of rotatable bonds is 7. The first-order valence-corrected chi connectivity index (χ1v) is 10.3. The summed E-state index contributed by atoms with van der Waals surface area (Å²) < 4.78 is 7.58. The number of carbonyl (C=O) groups excluding carboxylic acids is 1. The van der Waals surface area contributed by atoms with Gasteiger partial charge in [0.25, 0.3) is 5.91 Å². The van der Waals surface area contributed by atoms with Crippen LogP contribution in [-0.4, -0.2) is 54.8 Å². The Morgan fingerprint density at radius 2 is 1.93 bits per heavy atom. The summed E-state index contributed by atoms with van der Waals surface area (Å²) in [6.07, 6.45) is 0.937. The lowest BCUT2D eigenvalue weighted by atomic mass is 10.1. The van der Waals surface area contributed by atoms with E-state index < -0.39 is 0 Å². The first-order chi connectivity index (χ1) is 13.5. The van der Waals surface area contributed by atoms with E-state index in [-0.39, 0.29) is 5.91 Å². The van der Waals surface area contributed by atoms with Crippen LogP contribution in [0.2, 0.25) is 0 Å². The fraction of sp³-hybridized carbons (Fsp3) is 0.522. The van der Waals surface area contributed by atoms with E-state index in [1.807, 2.05) is 0 Å². The van der Waals surface area contributed by atoms with Crippen molar-refractivity contribution >= 4 is 5.91 Å². The summed E-state index contributed by atoms with van der Waals surface area (Å²) >= 11 is 0. The van der Waals surface area contributed by atoms with Gasteiger partial charge in [-0.2, -0.15) is 0 Å². The predicted octanol–water partition coefficient (Wildman–Crippen LogP) is 3.09. The molecule has 0 saturated carbocycles.